The summed E-state index contributed by atoms with van der Waals surface area (Å²) in [5.74, 6) is 0.993. The summed E-state index contributed by atoms with van der Waals surface area (Å²) in [5.41, 5.74) is 1.40. The van der Waals surface area contributed by atoms with E-state index in [4.69, 9.17) is 9.47 Å². The van der Waals surface area contributed by atoms with Crippen molar-refractivity contribution in [1.82, 2.24) is 20.1 Å². The van der Waals surface area contributed by atoms with Gasteiger partial charge < -0.3 is 20.1 Å². The fraction of sp³-hybridized carbons (Fsp3) is 0.154. The maximum absolute atomic E-state index is 12.7. The Hall–Kier alpha value is -4.91. The first-order valence-corrected chi connectivity index (χ1v) is 12.5. The summed E-state index contributed by atoms with van der Waals surface area (Å²) in [6.45, 7) is -0.000522. The molecule has 0 saturated carbocycles. The summed E-state index contributed by atoms with van der Waals surface area (Å²) in [5, 5.41) is 25.4. The third kappa shape index (κ3) is 6.70. The summed E-state index contributed by atoms with van der Waals surface area (Å²) in [7, 11) is 3.10. The number of para-hydroxylation sites is 2. The molecule has 0 aliphatic heterocycles. The van der Waals surface area contributed by atoms with Crippen molar-refractivity contribution in [3.8, 4) is 17.2 Å². The molecule has 0 unspecified atom stereocenters. The van der Waals surface area contributed by atoms with E-state index in [0.29, 0.717) is 33.9 Å². The van der Waals surface area contributed by atoms with Crippen molar-refractivity contribution >= 4 is 35.0 Å². The van der Waals surface area contributed by atoms with E-state index in [-0.39, 0.29) is 29.5 Å². The Morgan fingerprint density at radius 3 is 2.36 bits per heavy atom. The molecular formula is C26H24N6O6S. The smallest absolute Gasteiger partial charge is 0.269 e. The van der Waals surface area contributed by atoms with Crippen molar-refractivity contribution in [3.05, 3.63) is 94.3 Å². The number of rotatable bonds is 11. The molecule has 0 spiro atoms. The topological polar surface area (TPSA) is 151 Å². The largest absolute Gasteiger partial charge is 0.497 e. The number of carbonyl (C=O) groups excluding carboxylic acids is 2. The summed E-state index contributed by atoms with van der Waals surface area (Å²) in [4.78, 5) is 35.6. The second kappa shape index (κ2) is 12.6. The molecule has 12 nitrogen and oxygen atoms in total. The predicted molar refractivity (Wildman–Crippen MR) is 145 cm³/mol. The average molecular weight is 549 g/mol. The Bertz CT molecular complexity index is 1470. The molecule has 0 aliphatic carbocycles. The van der Waals surface area contributed by atoms with Gasteiger partial charge in [-0.25, -0.2) is 0 Å². The van der Waals surface area contributed by atoms with Crippen LogP contribution < -0.4 is 20.1 Å². The van der Waals surface area contributed by atoms with E-state index in [1.54, 1.807) is 42.0 Å². The number of carbonyl (C=O) groups is 2. The minimum absolute atomic E-state index is 0.000522. The lowest BCUT2D eigenvalue weighted by Crippen LogP contribution is -2.24. The van der Waals surface area contributed by atoms with Gasteiger partial charge in [-0.2, -0.15) is 0 Å². The first-order valence-electron chi connectivity index (χ1n) is 11.6. The van der Waals surface area contributed by atoms with Gasteiger partial charge in [0.1, 0.15) is 11.5 Å². The van der Waals surface area contributed by atoms with Crippen LogP contribution in [-0.4, -0.2) is 51.5 Å². The van der Waals surface area contributed by atoms with Crippen molar-refractivity contribution in [2.24, 2.45) is 0 Å². The van der Waals surface area contributed by atoms with E-state index in [2.05, 4.69) is 20.8 Å². The number of aromatic nitrogens is 3. The van der Waals surface area contributed by atoms with Crippen LogP contribution in [0.1, 0.15) is 16.2 Å². The number of nitro benzene ring substituents is 1. The number of hydrogen-bond acceptors (Lipinski definition) is 9. The second-order valence-corrected chi connectivity index (χ2v) is 8.90. The standard InChI is InChI=1S/C26H24N6O6S/c1-37-20-13-9-18(10-14-20)28-24(33)16-39-26-30-29-23(31(26)21-5-3-4-6-22(21)38-2)15-27-25(34)17-7-11-19(12-8-17)32(35)36/h3-14H,15-16H2,1-2H3,(H,27,34)(H,28,33). The maximum atomic E-state index is 12.7. The zero-order chi connectivity index (χ0) is 27.8. The van der Waals surface area contributed by atoms with Crippen LogP contribution in [0.4, 0.5) is 11.4 Å². The van der Waals surface area contributed by atoms with E-state index >= 15 is 0 Å². The highest BCUT2D eigenvalue weighted by atomic mass is 32.2. The third-order valence-corrected chi connectivity index (χ3v) is 6.41. The number of nitrogens with zero attached hydrogens (tertiary/aromatic N) is 4. The molecule has 0 fully saturated rings. The average Bonchev–Trinajstić information content (AvgIpc) is 3.37. The van der Waals surface area contributed by atoms with Gasteiger partial charge in [0.25, 0.3) is 11.6 Å². The van der Waals surface area contributed by atoms with Gasteiger partial charge in [0.2, 0.25) is 5.91 Å². The highest BCUT2D eigenvalue weighted by Gasteiger charge is 2.20. The minimum Gasteiger partial charge on any atom is -0.497 e. The molecule has 39 heavy (non-hydrogen) atoms. The van der Waals surface area contributed by atoms with Gasteiger partial charge in [-0.1, -0.05) is 23.9 Å². The summed E-state index contributed by atoms with van der Waals surface area (Å²) >= 11 is 1.17. The fourth-order valence-electron chi connectivity index (χ4n) is 3.56. The van der Waals surface area contributed by atoms with Crippen LogP contribution in [0.5, 0.6) is 11.5 Å². The van der Waals surface area contributed by atoms with Gasteiger partial charge in [0.05, 0.1) is 37.1 Å². The van der Waals surface area contributed by atoms with E-state index in [9.17, 15) is 19.7 Å². The van der Waals surface area contributed by atoms with E-state index in [0.717, 1.165) is 0 Å². The maximum Gasteiger partial charge on any atom is 0.269 e. The van der Waals surface area contributed by atoms with Gasteiger partial charge in [-0.3, -0.25) is 24.3 Å². The Balaban J connectivity index is 1.51. The number of hydrogen-bond donors (Lipinski definition) is 2. The van der Waals surface area contributed by atoms with E-state index < -0.39 is 10.8 Å². The van der Waals surface area contributed by atoms with Gasteiger partial charge in [0.15, 0.2) is 11.0 Å². The molecular weight excluding hydrogens is 524 g/mol. The quantitative estimate of drug-likeness (QED) is 0.162. The Morgan fingerprint density at radius 2 is 1.69 bits per heavy atom. The van der Waals surface area contributed by atoms with Crippen LogP contribution in [0.25, 0.3) is 5.69 Å². The molecule has 1 heterocycles. The number of non-ortho nitro benzene ring substituents is 1. The number of methoxy groups -OCH3 is 2. The second-order valence-electron chi connectivity index (χ2n) is 7.96. The normalized spacial score (nSPS) is 10.5. The Labute approximate surface area is 227 Å². The number of thioether (sulfide) groups is 1. The number of benzene rings is 3. The summed E-state index contributed by atoms with van der Waals surface area (Å²) < 4.78 is 12.4. The van der Waals surface area contributed by atoms with Crippen molar-refractivity contribution in [2.45, 2.75) is 11.7 Å². The Kier molecular flexibility index (Phi) is 8.74. The van der Waals surface area contributed by atoms with Gasteiger partial charge in [-0.05, 0) is 48.5 Å². The predicted octanol–water partition coefficient (Wildman–Crippen LogP) is 3.85. The first kappa shape index (κ1) is 27.1. The molecule has 4 aromatic rings. The summed E-state index contributed by atoms with van der Waals surface area (Å²) in [6.07, 6.45) is 0. The van der Waals surface area contributed by atoms with E-state index in [1.807, 2.05) is 18.2 Å². The lowest BCUT2D eigenvalue weighted by molar-refractivity contribution is -0.384. The van der Waals surface area contributed by atoms with Crippen molar-refractivity contribution in [3.63, 3.8) is 0 Å². The molecule has 13 heteroatoms. The fourth-order valence-corrected chi connectivity index (χ4v) is 4.33. The van der Waals surface area contributed by atoms with Crippen molar-refractivity contribution in [2.75, 3.05) is 25.3 Å². The molecule has 200 valence electrons. The van der Waals surface area contributed by atoms with Crippen LogP contribution in [0.2, 0.25) is 0 Å². The third-order valence-electron chi connectivity index (χ3n) is 5.48. The van der Waals surface area contributed by atoms with Gasteiger partial charge in [0, 0.05) is 23.4 Å². The molecule has 0 aliphatic rings. The lowest BCUT2D eigenvalue weighted by atomic mass is 10.2. The van der Waals surface area contributed by atoms with Crippen LogP contribution in [0.3, 0.4) is 0 Å². The van der Waals surface area contributed by atoms with E-state index in [1.165, 1.54) is 43.1 Å². The zero-order valence-corrected chi connectivity index (χ0v) is 21.8. The number of ether oxygens (including phenoxy) is 2. The van der Waals surface area contributed by atoms with Crippen molar-refractivity contribution < 1.29 is 24.0 Å². The van der Waals surface area contributed by atoms with Crippen LogP contribution >= 0.6 is 11.8 Å². The number of nitro groups is 1. The molecule has 0 atom stereocenters. The highest BCUT2D eigenvalue weighted by Crippen LogP contribution is 2.29. The Morgan fingerprint density at radius 1 is 0.974 bits per heavy atom. The van der Waals surface area contributed by atoms with Crippen LogP contribution in [0, 0.1) is 10.1 Å². The number of nitrogens with one attached hydrogen (secondary N) is 2. The molecule has 0 bridgehead atoms. The molecule has 2 N–H and O–H groups in total. The molecule has 0 saturated heterocycles. The monoisotopic (exact) mass is 548 g/mol. The van der Waals surface area contributed by atoms with Gasteiger partial charge in [-0.15, -0.1) is 10.2 Å². The SMILES string of the molecule is COc1ccc(NC(=O)CSc2nnc(CNC(=O)c3ccc([N+](=O)[O-])cc3)n2-c2ccccc2OC)cc1. The molecule has 1 aromatic heterocycles. The zero-order valence-electron chi connectivity index (χ0n) is 21.0. The molecule has 2 amide bonds. The number of amides is 2. The minimum atomic E-state index is -0.534. The molecule has 4 rings (SSSR count). The molecule has 3 aromatic carbocycles. The van der Waals surface area contributed by atoms with Gasteiger partial charge >= 0.3 is 0 Å². The molecule has 0 radical (unpaired) electrons. The van der Waals surface area contributed by atoms with Crippen molar-refractivity contribution in [1.29, 1.82) is 0 Å². The summed E-state index contributed by atoms with van der Waals surface area (Å²) in [6, 6.07) is 19.5. The number of anilines is 1. The first-order chi connectivity index (χ1) is 18.9. The lowest BCUT2D eigenvalue weighted by Gasteiger charge is -2.14. The van der Waals surface area contributed by atoms with Crippen LogP contribution in [0.15, 0.2) is 78.0 Å². The van der Waals surface area contributed by atoms with Crippen LogP contribution in [-0.2, 0) is 11.3 Å². The highest BCUT2D eigenvalue weighted by molar-refractivity contribution is 7.99.